The number of aromatic hydroxyl groups is 1. The first-order valence-electron chi connectivity index (χ1n) is 10.00. The van der Waals surface area contributed by atoms with E-state index in [1.165, 1.54) is 15.7 Å². The highest BCUT2D eigenvalue weighted by Gasteiger charge is 2.41. The number of nitrogens with one attached hydrogen (secondary N) is 1. The molecular weight excluding hydrogens is 427 g/mol. The number of halogens is 3. The van der Waals surface area contributed by atoms with Crippen LogP contribution in [-0.2, 0) is 13.1 Å². The molecule has 2 aliphatic heterocycles. The number of carbonyl (C=O) groups excluding carboxylic acids is 2. The van der Waals surface area contributed by atoms with E-state index in [0.29, 0.717) is 12.1 Å². The van der Waals surface area contributed by atoms with Gasteiger partial charge in [-0.25, -0.2) is 13.2 Å². The number of nitrogens with zero attached hydrogens (tertiary/aromatic N) is 2. The quantitative estimate of drug-likeness (QED) is 0.708. The second-order valence-electron chi connectivity index (χ2n) is 8.06. The van der Waals surface area contributed by atoms with Gasteiger partial charge in [0.05, 0.1) is 6.04 Å². The Kier molecular flexibility index (Phi) is 5.31. The number of aromatic nitrogens is 1. The number of rotatable bonds is 3. The normalized spacial score (nSPS) is 20.1. The van der Waals surface area contributed by atoms with Gasteiger partial charge in [0.2, 0.25) is 5.43 Å². The summed E-state index contributed by atoms with van der Waals surface area (Å²) in [6.45, 7) is 5.62. The van der Waals surface area contributed by atoms with Gasteiger partial charge in [0.1, 0.15) is 5.56 Å². The maximum absolute atomic E-state index is 13.8. The Bertz CT molecular complexity index is 1220. The van der Waals surface area contributed by atoms with Crippen molar-refractivity contribution in [1.29, 1.82) is 0 Å². The summed E-state index contributed by atoms with van der Waals surface area (Å²) in [5, 5.41) is 12.7. The zero-order valence-electron chi connectivity index (χ0n) is 17.1. The zero-order valence-corrected chi connectivity index (χ0v) is 17.1. The standard InChI is InChI=1S/C22H20F3N3O4/c1-10-3-4-11(2)28-15(10)9-27-8-13(19(29)20(30)18(27)22(28)32)21(31)26-7-12-5-6-14(23)17(25)16(12)24/h5-6,8,10,15,30H,2-4,7,9H2,1H3,(H,26,31)/t10-,15-/m0/s1. The van der Waals surface area contributed by atoms with Crippen molar-refractivity contribution in [3.63, 3.8) is 0 Å². The number of piperidine rings is 1. The van der Waals surface area contributed by atoms with Crippen LogP contribution in [0.5, 0.6) is 5.75 Å². The minimum atomic E-state index is -1.67. The second kappa shape index (κ2) is 7.85. The molecule has 7 nitrogen and oxygen atoms in total. The van der Waals surface area contributed by atoms with Crippen LogP contribution in [0, 0.1) is 23.4 Å². The van der Waals surface area contributed by atoms with Crippen LogP contribution in [-0.4, -0.2) is 32.4 Å². The zero-order chi connectivity index (χ0) is 23.3. The molecule has 0 aliphatic carbocycles. The number of pyridine rings is 1. The number of amides is 2. The Hall–Kier alpha value is -3.56. The molecule has 1 saturated heterocycles. The van der Waals surface area contributed by atoms with E-state index in [4.69, 9.17) is 0 Å². The highest BCUT2D eigenvalue weighted by Crippen LogP contribution is 2.36. The first-order chi connectivity index (χ1) is 15.1. The summed E-state index contributed by atoms with van der Waals surface area (Å²) in [5.74, 6) is -6.75. The van der Waals surface area contributed by atoms with Crippen LogP contribution in [0.25, 0.3) is 0 Å². The lowest BCUT2D eigenvalue weighted by Crippen LogP contribution is -2.53. The predicted octanol–water partition coefficient (Wildman–Crippen LogP) is 2.67. The third-order valence-electron chi connectivity index (χ3n) is 6.08. The van der Waals surface area contributed by atoms with Gasteiger partial charge in [0.15, 0.2) is 28.9 Å². The SMILES string of the molecule is C=C1CC[C@H](C)[C@@H]2Cn3cc(C(=O)NCc4ccc(F)c(F)c4F)c(=O)c(O)c3C(=O)N12. The van der Waals surface area contributed by atoms with E-state index >= 15 is 0 Å². The van der Waals surface area contributed by atoms with E-state index < -0.39 is 52.6 Å². The molecule has 1 aromatic carbocycles. The average Bonchev–Trinajstić information content (AvgIpc) is 2.76. The number of allylic oxidation sites excluding steroid dienone is 1. The molecule has 0 saturated carbocycles. The summed E-state index contributed by atoms with van der Waals surface area (Å²) >= 11 is 0. The molecule has 32 heavy (non-hydrogen) atoms. The molecule has 0 spiro atoms. The van der Waals surface area contributed by atoms with Crippen molar-refractivity contribution < 1.29 is 27.9 Å². The Morgan fingerprint density at radius 3 is 2.69 bits per heavy atom. The van der Waals surface area contributed by atoms with Crippen molar-refractivity contribution in [2.75, 3.05) is 0 Å². The molecule has 0 bridgehead atoms. The molecule has 2 amide bonds. The minimum absolute atomic E-state index is 0.132. The summed E-state index contributed by atoms with van der Waals surface area (Å²) in [4.78, 5) is 39.7. The van der Waals surface area contributed by atoms with Gasteiger partial charge in [-0.3, -0.25) is 14.4 Å². The minimum Gasteiger partial charge on any atom is -0.503 e. The van der Waals surface area contributed by atoms with Crippen LogP contribution in [0.4, 0.5) is 13.2 Å². The maximum Gasteiger partial charge on any atom is 0.278 e. The number of hydrogen-bond acceptors (Lipinski definition) is 4. The van der Waals surface area contributed by atoms with Gasteiger partial charge in [-0.05, 0) is 24.8 Å². The lowest BCUT2D eigenvalue weighted by Gasteiger charge is -2.45. The summed E-state index contributed by atoms with van der Waals surface area (Å²) in [6, 6.07) is 1.44. The molecule has 2 aliphatic rings. The fourth-order valence-electron chi connectivity index (χ4n) is 4.22. The van der Waals surface area contributed by atoms with Crippen LogP contribution in [0.2, 0.25) is 0 Å². The Balaban J connectivity index is 1.65. The molecular formula is C22H20F3N3O4. The van der Waals surface area contributed by atoms with Crippen molar-refractivity contribution >= 4 is 11.8 Å². The molecule has 3 heterocycles. The monoisotopic (exact) mass is 447 g/mol. The molecule has 4 rings (SSSR count). The van der Waals surface area contributed by atoms with Crippen LogP contribution in [0.3, 0.4) is 0 Å². The number of benzene rings is 1. The molecule has 1 fully saturated rings. The first-order valence-corrected chi connectivity index (χ1v) is 10.00. The van der Waals surface area contributed by atoms with Crippen molar-refractivity contribution in [1.82, 2.24) is 14.8 Å². The predicted molar refractivity (Wildman–Crippen MR) is 107 cm³/mol. The summed E-state index contributed by atoms with van der Waals surface area (Å²) in [6.07, 6.45) is 2.62. The third-order valence-corrected chi connectivity index (χ3v) is 6.08. The van der Waals surface area contributed by atoms with Crippen LogP contribution < -0.4 is 10.7 Å². The van der Waals surface area contributed by atoms with Crippen molar-refractivity contribution in [2.24, 2.45) is 5.92 Å². The molecule has 10 heteroatoms. The lowest BCUT2D eigenvalue weighted by atomic mass is 9.87. The molecule has 1 aromatic heterocycles. The largest absolute Gasteiger partial charge is 0.503 e. The second-order valence-corrected chi connectivity index (χ2v) is 8.06. The number of fused-ring (bicyclic) bond motifs is 2. The van der Waals surface area contributed by atoms with E-state index in [1.807, 2.05) is 6.92 Å². The van der Waals surface area contributed by atoms with Gasteiger partial charge < -0.3 is 19.9 Å². The topological polar surface area (TPSA) is 91.6 Å². The molecule has 2 aromatic rings. The van der Waals surface area contributed by atoms with Crippen LogP contribution in [0.1, 0.15) is 46.2 Å². The van der Waals surface area contributed by atoms with E-state index in [0.717, 1.165) is 18.6 Å². The fourth-order valence-corrected chi connectivity index (χ4v) is 4.22. The lowest BCUT2D eigenvalue weighted by molar-refractivity contribution is 0.0517. The average molecular weight is 447 g/mol. The number of carbonyl (C=O) groups is 2. The fraction of sp³-hybridized carbons (Fsp3) is 0.318. The highest BCUT2D eigenvalue weighted by atomic mass is 19.2. The molecule has 2 atom stereocenters. The smallest absolute Gasteiger partial charge is 0.278 e. The summed E-state index contributed by atoms with van der Waals surface area (Å²) < 4.78 is 41.7. The molecule has 2 N–H and O–H groups in total. The van der Waals surface area contributed by atoms with E-state index in [9.17, 15) is 32.7 Å². The highest BCUT2D eigenvalue weighted by molar-refractivity contribution is 5.99. The molecule has 0 unspecified atom stereocenters. The van der Waals surface area contributed by atoms with E-state index in [-0.39, 0.29) is 29.8 Å². The van der Waals surface area contributed by atoms with Crippen LogP contribution in [0.15, 0.2) is 35.4 Å². The van der Waals surface area contributed by atoms with Gasteiger partial charge in [-0.1, -0.05) is 19.6 Å². The maximum atomic E-state index is 13.8. The van der Waals surface area contributed by atoms with Crippen molar-refractivity contribution in [2.45, 2.75) is 38.9 Å². The van der Waals surface area contributed by atoms with Crippen molar-refractivity contribution in [3.05, 3.63) is 75.1 Å². The molecule has 168 valence electrons. The van der Waals surface area contributed by atoms with E-state index in [1.54, 1.807) is 0 Å². The van der Waals surface area contributed by atoms with Crippen LogP contribution >= 0.6 is 0 Å². The van der Waals surface area contributed by atoms with Crippen molar-refractivity contribution in [3.8, 4) is 5.75 Å². The Labute approximate surface area is 180 Å². The Morgan fingerprint density at radius 2 is 1.97 bits per heavy atom. The molecule has 0 radical (unpaired) electrons. The number of hydrogen-bond donors (Lipinski definition) is 2. The Morgan fingerprint density at radius 1 is 1.25 bits per heavy atom. The van der Waals surface area contributed by atoms with Gasteiger partial charge in [-0.15, -0.1) is 0 Å². The third kappa shape index (κ3) is 3.35. The van der Waals surface area contributed by atoms with Gasteiger partial charge in [0.25, 0.3) is 11.8 Å². The summed E-state index contributed by atoms with van der Waals surface area (Å²) in [5.41, 5.74) is -1.48. The van der Waals surface area contributed by atoms with E-state index in [2.05, 4.69) is 11.9 Å². The first kappa shape index (κ1) is 21.7. The summed E-state index contributed by atoms with van der Waals surface area (Å²) in [7, 11) is 0. The van der Waals surface area contributed by atoms with Gasteiger partial charge >= 0.3 is 0 Å². The van der Waals surface area contributed by atoms with Gasteiger partial charge in [0, 0.05) is 30.5 Å². The van der Waals surface area contributed by atoms with Gasteiger partial charge in [-0.2, -0.15) is 0 Å².